The Balaban J connectivity index is 0.00000560. The van der Waals surface area contributed by atoms with Crippen molar-refractivity contribution in [2.24, 2.45) is 0 Å². The van der Waals surface area contributed by atoms with Crippen LogP contribution in [-0.2, 0) is 31.9 Å². The maximum absolute atomic E-state index is 6.75. The number of hydrogen-bond donors (Lipinski definition) is 0. The summed E-state index contributed by atoms with van der Waals surface area (Å²) >= 11 is 0. The Morgan fingerprint density at radius 3 is 1.81 bits per heavy atom. The molecule has 0 fully saturated rings. The SMILES string of the molecule is CC(C)(C)c1cc(-c2cccc3c4ccccc4c4ccccc4c4cccc5c4n(c23)[CH-]N5c2[c-]c(Oc3[c-]c4c(cc3)c3ccccc3n4-c3cc(C(C)(C)C)ccn3)ccn2)cc([Si](C)(C)C)c1.[Pt]. The molecule has 0 unspecified atom stereocenters. The van der Waals surface area contributed by atoms with Crippen LogP contribution >= 0.6 is 0 Å². The Kier molecular flexibility index (Phi) is 11.5. The summed E-state index contributed by atoms with van der Waals surface area (Å²) in [6.45, 7) is 23.2. The van der Waals surface area contributed by atoms with Crippen LogP contribution in [0.5, 0.6) is 11.5 Å². The van der Waals surface area contributed by atoms with Gasteiger partial charge in [0.05, 0.1) is 8.07 Å². The Bertz CT molecular complexity index is 4000. The Morgan fingerprint density at radius 2 is 1.12 bits per heavy atom. The topological polar surface area (TPSA) is 48.1 Å². The predicted molar refractivity (Wildman–Crippen MR) is 300 cm³/mol. The fourth-order valence-electron chi connectivity index (χ4n) is 10.4. The third-order valence-corrected chi connectivity index (χ3v) is 16.2. The zero-order valence-electron chi connectivity index (χ0n) is 42.2. The van der Waals surface area contributed by atoms with Crippen LogP contribution in [0.1, 0.15) is 52.7 Å². The van der Waals surface area contributed by atoms with E-state index in [4.69, 9.17) is 14.7 Å². The summed E-state index contributed by atoms with van der Waals surface area (Å²) < 4.78 is 11.4. The van der Waals surface area contributed by atoms with E-state index in [1.54, 1.807) is 0 Å². The number of nitrogens with zero attached hydrogens (tertiary/aromatic N) is 5. The van der Waals surface area contributed by atoms with Crippen molar-refractivity contribution in [3.63, 3.8) is 0 Å². The van der Waals surface area contributed by atoms with Crippen molar-refractivity contribution in [2.75, 3.05) is 4.90 Å². The molecular weight excluding hydrogens is 1080 g/mol. The van der Waals surface area contributed by atoms with Crippen molar-refractivity contribution < 1.29 is 25.8 Å². The number of para-hydroxylation sites is 3. The quantitative estimate of drug-likeness (QED) is 0.123. The third-order valence-electron chi connectivity index (χ3n) is 14.2. The minimum absolute atomic E-state index is 0. The van der Waals surface area contributed by atoms with Gasteiger partial charge in [0.15, 0.2) is 0 Å². The van der Waals surface area contributed by atoms with Crippen LogP contribution in [-0.4, -0.2) is 27.2 Å². The molecule has 72 heavy (non-hydrogen) atoms. The summed E-state index contributed by atoms with van der Waals surface area (Å²) in [5.74, 6) is 2.56. The zero-order valence-corrected chi connectivity index (χ0v) is 45.5. The number of ether oxygens (including phenoxy) is 1. The van der Waals surface area contributed by atoms with Crippen LogP contribution < -0.4 is 14.8 Å². The zero-order chi connectivity index (χ0) is 49.0. The molecule has 360 valence electrons. The molecule has 1 aliphatic heterocycles. The number of benzene rings is 7. The van der Waals surface area contributed by atoms with Crippen molar-refractivity contribution in [1.29, 1.82) is 0 Å². The van der Waals surface area contributed by atoms with Gasteiger partial charge in [-0.15, -0.1) is 17.5 Å². The van der Waals surface area contributed by atoms with Crippen molar-refractivity contribution >= 4 is 89.9 Å². The fraction of sp³-hybridized carbons (Fsp3) is 0.172. The van der Waals surface area contributed by atoms with Gasteiger partial charge in [-0.1, -0.05) is 193 Å². The first kappa shape index (κ1) is 47.2. The number of aromatic nitrogens is 4. The van der Waals surface area contributed by atoms with E-state index in [1.807, 2.05) is 24.5 Å². The Labute approximate surface area is 437 Å². The summed E-state index contributed by atoms with van der Waals surface area (Å²) in [5.41, 5.74) is 10.0. The number of hydrogen-bond acceptors (Lipinski definition) is 4. The van der Waals surface area contributed by atoms with Crippen LogP contribution in [0.25, 0.3) is 82.1 Å². The van der Waals surface area contributed by atoms with Crippen LogP contribution in [0.3, 0.4) is 0 Å². The average molecular weight is 1130 g/mol. The molecule has 0 aliphatic carbocycles. The first-order valence-electron chi connectivity index (χ1n) is 24.6. The van der Waals surface area contributed by atoms with E-state index in [-0.39, 0.29) is 31.9 Å². The molecule has 0 saturated carbocycles. The van der Waals surface area contributed by atoms with Gasteiger partial charge in [0, 0.05) is 50.0 Å². The molecule has 0 atom stereocenters. The monoisotopic (exact) mass is 1130 g/mol. The molecule has 0 spiro atoms. The van der Waals surface area contributed by atoms with Crippen molar-refractivity contribution in [1.82, 2.24) is 19.1 Å². The van der Waals surface area contributed by atoms with E-state index in [1.165, 1.54) is 49.0 Å². The van der Waals surface area contributed by atoms with Gasteiger partial charge in [-0.05, 0) is 119 Å². The van der Waals surface area contributed by atoms with E-state index in [2.05, 4.69) is 240 Å². The van der Waals surface area contributed by atoms with Crippen molar-refractivity contribution in [2.45, 2.75) is 72.0 Å². The van der Waals surface area contributed by atoms with E-state index >= 15 is 0 Å². The number of fused-ring (bicyclic) bond motifs is 10. The summed E-state index contributed by atoms with van der Waals surface area (Å²) in [5, 5.41) is 10.7. The minimum Gasteiger partial charge on any atom is -0.521 e. The molecule has 4 aromatic heterocycles. The fourth-order valence-corrected chi connectivity index (χ4v) is 11.6. The second-order valence-electron chi connectivity index (χ2n) is 22.1. The molecule has 0 amide bonds. The van der Waals surface area contributed by atoms with Crippen molar-refractivity contribution in [3.05, 3.63) is 200 Å². The normalized spacial score (nSPS) is 12.8. The van der Waals surface area contributed by atoms with Gasteiger partial charge in [0.1, 0.15) is 5.82 Å². The molecule has 0 N–H and O–H groups in total. The third kappa shape index (κ3) is 8.04. The van der Waals surface area contributed by atoms with E-state index < -0.39 is 8.07 Å². The summed E-state index contributed by atoms with van der Waals surface area (Å²) in [4.78, 5) is 12.1. The second-order valence-corrected chi connectivity index (χ2v) is 27.1. The number of anilines is 2. The molecule has 0 bridgehead atoms. The molecule has 0 saturated heterocycles. The Morgan fingerprint density at radius 1 is 0.528 bits per heavy atom. The number of pyridine rings is 2. The van der Waals surface area contributed by atoms with Gasteiger partial charge in [-0.25, -0.2) is 4.98 Å². The van der Waals surface area contributed by atoms with Gasteiger partial charge in [-0.3, -0.25) is 4.98 Å². The molecule has 1 aliphatic rings. The molecular formula is C64H56N5OPtSi-3. The first-order valence-corrected chi connectivity index (χ1v) is 28.1. The molecule has 8 heteroatoms. The van der Waals surface area contributed by atoms with Crippen LogP contribution in [0.2, 0.25) is 19.6 Å². The first-order chi connectivity index (χ1) is 34.1. The number of rotatable bonds is 6. The largest absolute Gasteiger partial charge is 0.521 e. The van der Waals surface area contributed by atoms with E-state index in [0.717, 1.165) is 55.1 Å². The molecule has 11 aromatic rings. The van der Waals surface area contributed by atoms with E-state index in [9.17, 15) is 0 Å². The van der Waals surface area contributed by atoms with Gasteiger partial charge in [0.25, 0.3) is 0 Å². The van der Waals surface area contributed by atoms with Crippen molar-refractivity contribution in [3.8, 4) is 28.4 Å². The molecule has 6 nitrogen and oxygen atoms in total. The van der Waals surface area contributed by atoms with Crippen LogP contribution in [0.4, 0.5) is 11.5 Å². The summed E-state index contributed by atoms with van der Waals surface area (Å²) in [7, 11) is -1.74. The summed E-state index contributed by atoms with van der Waals surface area (Å²) in [6.07, 6.45) is 3.71. The average Bonchev–Trinajstić information content (AvgIpc) is 3.92. The Hall–Kier alpha value is -7.18. The minimum atomic E-state index is -1.74. The predicted octanol–water partition coefficient (Wildman–Crippen LogP) is 16.4. The van der Waals surface area contributed by atoms with Gasteiger partial charge in [-0.2, -0.15) is 18.2 Å². The molecule has 0 radical (unpaired) electrons. The van der Waals surface area contributed by atoms with Gasteiger partial charge >= 0.3 is 0 Å². The smallest absolute Gasteiger partial charge is 0.135 e. The van der Waals surface area contributed by atoms with E-state index in [0.29, 0.717) is 17.3 Å². The van der Waals surface area contributed by atoms with Crippen LogP contribution in [0.15, 0.2) is 170 Å². The standard InChI is InChI=1S/C64H56N5OSi.Pt/c1-63(2,3)42-30-32-66-60(37-42)69-56-26-15-14-22-52(56)53-29-28-44(38-58(53)69)70-45-31-33-65-59(39-45)67-40-68-61-47(41-34-43(64(4,5)6)36-46(35-41)71(7,8)9)23-16-24-54(61)50-20-12-10-18-48(50)49-19-11-13-21-51(49)55-25-17-27-57(67)62(55)68;/h10-37,40H,1-9H3;/q-3;. The molecule has 7 aromatic carbocycles. The van der Waals surface area contributed by atoms with Gasteiger partial charge in [0.2, 0.25) is 0 Å². The van der Waals surface area contributed by atoms with Crippen LogP contribution in [0, 0.1) is 18.8 Å². The molecule has 12 rings (SSSR count). The van der Waals surface area contributed by atoms with Gasteiger partial charge < -0.3 is 18.8 Å². The molecule has 5 heterocycles. The second kappa shape index (κ2) is 17.5. The maximum Gasteiger partial charge on any atom is 0.135 e. The summed E-state index contributed by atoms with van der Waals surface area (Å²) in [6, 6.07) is 64.5. The maximum atomic E-state index is 6.75.